The predicted molar refractivity (Wildman–Crippen MR) is 78.0 cm³/mol. The average Bonchev–Trinajstić information content (AvgIpc) is 2.38. The number of rotatable bonds is 5. The predicted octanol–water partition coefficient (Wildman–Crippen LogP) is 3.93. The molecule has 1 fully saturated rings. The van der Waals surface area contributed by atoms with Crippen LogP contribution < -0.4 is 0 Å². The zero-order chi connectivity index (χ0) is 12.8. The zero-order valence-corrected chi connectivity index (χ0v) is 12.6. The summed E-state index contributed by atoms with van der Waals surface area (Å²) in [6.07, 6.45) is 2.78. The number of thioether (sulfide) groups is 1. The van der Waals surface area contributed by atoms with Gasteiger partial charge in [-0.05, 0) is 37.0 Å². The second-order valence-corrected chi connectivity index (χ2v) is 6.51. The molecule has 2 rings (SSSR count). The third-order valence-electron chi connectivity index (χ3n) is 3.05. The van der Waals surface area contributed by atoms with Crippen molar-refractivity contribution in [3.63, 3.8) is 0 Å². The molecule has 1 heterocycles. The number of Topliss-reactive ketones (excluding diaryl/α,β-unsaturated/α-hetero) is 1. The number of ether oxygens (including phenoxy) is 1. The van der Waals surface area contributed by atoms with E-state index in [4.69, 9.17) is 4.74 Å². The summed E-state index contributed by atoms with van der Waals surface area (Å²) in [5.41, 5.74) is 0. The molecule has 0 bridgehead atoms. The van der Waals surface area contributed by atoms with Crippen LogP contribution in [-0.4, -0.2) is 24.7 Å². The second-order valence-electron chi connectivity index (χ2n) is 4.54. The molecule has 0 aromatic heterocycles. The maximum Gasteiger partial charge on any atom is 0.143 e. The van der Waals surface area contributed by atoms with E-state index in [-0.39, 0.29) is 0 Å². The van der Waals surface area contributed by atoms with E-state index in [1.54, 1.807) is 11.8 Å². The third kappa shape index (κ3) is 4.75. The van der Waals surface area contributed by atoms with Crippen LogP contribution in [-0.2, 0) is 9.53 Å². The van der Waals surface area contributed by atoms with Crippen LogP contribution in [0.3, 0.4) is 0 Å². The van der Waals surface area contributed by atoms with Gasteiger partial charge in [-0.2, -0.15) is 0 Å². The maximum atomic E-state index is 11.9. The molecular formula is C14H17BrO2S. The van der Waals surface area contributed by atoms with Crippen molar-refractivity contribution in [3.05, 3.63) is 28.7 Å². The smallest absolute Gasteiger partial charge is 0.143 e. The molecule has 1 saturated heterocycles. The summed E-state index contributed by atoms with van der Waals surface area (Å²) in [5, 5.41) is 0. The lowest BCUT2D eigenvalue weighted by Crippen LogP contribution is -2.19. The normalized spacial score (nSPS) is 16.7. The fourth-order valence-electron chi connectivity index (χ4n) is 2.05. The Morgan fingerprint density at radius 1 is 1.39 bits per heavy atom. The number of hydrogen-bond donors (Lipinski definition) is 0. The number of carbonyl (C=O) groups is 1. The fourth-order valence-corrected chi connectivity index (χ4v) is 3.43. The van der Waals surface area contributed by atoms with Crippen molar-refractivity contribution in [2.45, 2.75) is 24.2 Å². The first-order chi connectivity index (χ1) is 8.74. The van der Waals surface area contributed by atoms with Gasteiger partial charge in [0, 0.05) is 29.0 Å². The molecule has 0 aliphatic carbocycles. The van der Waals surface area contributed by atoms with Gasteiger partial charge in [0.1, 0.15) is 5.78 Å². The van der Waals surface area contributed by atoms with Gasteiger partial charge < -0.3 is 4.74 Å². The summed E-state index contributed by atoms with van der Waals surface area (Å²) in [5.74, 6) is 1.47. The molecule has 98 valence electrons. The number of benzene rings is 1. The van der Waals surface area contributed by atoms with Gasteiger partial charge in [0.25, 0.3) is 0 Å². The SMILES string of the molecule is O=C(CSc1cccc(Br)c1)CC1CCOCC1. The van der Waals surface area contributed by atoms with Crippen molar-refractivity contribution in [2.24, 2.45) is 5.92 Å². The Morgan fingerprint density at radius 3 is 2.89 bits per heavy atom. The van der Waals surface area contributed by atoms with Gasteiger partial charge in [-0.3, -0.25) is 4.79 Å². The van der Waals surface area contributed by atoms with Gasteiger partial charge in [0.2, 0.25) is 0 Å². The van der Waals surface area contributed by atoms with E-state index < -0.39 is 0 Å². The number of hydrogen-bond acceptors (Lipinski definition) is 3. The lowest BCUT2D eigenvalue weighted by molar-refractivity contribution is -0.118. The monoisotopic (exact) mass is 328 g/mol. The average molecular weight is 329 g/mol. The molecule has 0 N–H and O–H groups in total. The first kappa shape index (κ1) is 14.1. The van der Waals surface area contributed by atoms with Crippen molar-refractivity contribution in [3.8, 4) is 0 Å². The van der Waals surface area contributed by atoms with Crippen LogP contribution in [0.25, 0.3) is 0 Å². The van der Waals surface area contributed by atoms with Crippen LogP contribution in [0, 0.1) is 5.92 Å². The second kappa shape index (κ2) is 7.31. The lowest BCUT2D eigenvalue weighted by Gasteiger charge is -2.21. The molecule has 4 heteroatoms. The van der Waals surface area contributed by atoms with Gasteiger partial charge in [-0.1, -0.05) is 22.0 Å². The minimum absolute atomic E-state index is 0.354. The molecule has 18 heavy (non-hydrogen) atoms. The Labute approximate surface area is 121 Å². The summed E-state index contributed by atoms with van der Waals surface area (Å²) in [6, 6.07) is 8.08. The van der Waals surface area contributed by atoms with Crippen molar-refractivity contribution < 1.29 is 9.53 Å². The Morgan fingerprint density at radius 2 is 2.17 bits per heavy atom. The third-order valence-corrected chi connectivity index (χ3v) is 4.60. The summed E-state index contributed by atoms with van der Waals surface area (Å²) in [7, 11) is 0. The summed E-state index contributed by atoms with van der Waals surface area (Å²) >= 11 is 5.06. The molecule has 1 aromatic rings. The number of halogens is 1. The van der Waals surface area contributed by atoms with Gasteiger partial charge in [-0.25, -0.2) is 0 Å². The highest BCUT2D eigenvalue weighted by Gasteiger charge is 2.17. The Bertz CT molecular complexity index is 403. The lowest BCUT2D eigenvalue weighted by atomic mass is 9.95. The first-order valence-electron chi connectivity index (χ1n) is 6.22. The van der Waals surface area contributed by atoms with Crippen LogP contribution in [0.1, 0.15) is 19.3 Å². The van der Waals surface area contributed by atoms with Crippen LogP contribution in [0.5, 0.6) is 0 Å². The Kier molecular flexibility index (Phi) is 5.73. The largest absolute Gasteiger partial charge is 0.381 e. The molecule has 1 aliphatic rings. The topological polar surface area (TPSA) is 26.3 Å². The number of ketones is 1. The molecule has 1 aliphatic heterocycles. The quantitative estimate of drug-likeness (QED) is 0.766. The van der Waals surface area contributed by atoms with E-state index in [2.05, 4.69) is 15.9 Å². The molecule has 0 saturated carbocycles. The van der Waals surface area contributed by atoms with E-state index in [1.807, 2.05) is 24.3 Å². The molecule has 2 nitrogen and oxygen atoms in total. The van der Waals surface area contributed by atoms with E-state index in [0.29, 0.717) is 23.9 Å². The Hall–Kier alpha value is -0.320. The molecule has 0 radical (unpaired) electrons. The van der Waals surface area contributed by atoms with Crippen LogP contribution >= 0.6 is 27.7 Å². The molecular weight excluding hydrogens is 312 g/mol. The summed E-state index contributed by atoms with van der Waals surface area (Å²) in [6.45, 7) is 1.63. The Balaban J connectivity index is 1.74. The van der Waals surface area contributed by atoms with E-state index in [1.165, 1.54) is 0 Å². The highest BCUT2D eigenvalue weighted by Crippen LogP contribution is 2.24. The van der Waals surface area contributed by atoms with Crippen LogP contribution in [0.15, 0.2) is 33.6 Å². The van der Waals surface area contributed by atoms with Gasteiger partial charge in [0.15, 0.2) is 0 Å². The highest BCUT2D eigenvalue weighted by atomic mass is 79.9. The molecule has 1 aromatic carbocycles. The van der Waals surface area contributed by atoms with Crippen molar-refractivity contribution in [1.29, 1.82) is 0 Å². The van der Waals surface area contributed by atoms with Crippen LogP contribution in [0.4, 0.5) is 0 Å². The summed E-state index contributed by atoms with van der Waals surface area (Å²) < 4.78 is 6.36. The van der Waals surface area contributed by atoms with Crippen molar-refractivity contribution >= 4 is 33.5 Å². The fraction of sp³-hybridized carbons (Fsp3) is 0.500. The minimum atomic E-state index is 0.354. The van der Waals surface area contributed by atoms with E-state index >= 15 is 0 Å². The number of carbonyl (C=O) groups excluding carboxylic acids is 1. The molecule has 0 amide bonds. The van der Waals surface area contributed by atoms with Gasteiger partial charge in [0.05, 0.1) is 5.75 Å². The van der Waals surface area contributed by atoms with Gasteiger partial charge >= 0.3 is 0 Å². The highest BCUT2D eigenvalue weighted by molar-refractivity contribution is 9.10. The van der Waals surface area contributed by atoms with E-state index in [9.17, 15) is 4.79 Å². The summed E-state index contributed by atoms with van der Waals surface area (Å²) in [4.78, 5) is 13.0. The maximum absolute atomic E-state index is 11.9. The van der Waals surface area contributed by atoms with Crippen LogP contribution in [0.2, 0.25) is 0 Å². The van der Waals surface area contributed by atoms with E-state index in [0.717, 1.165) is 35.4 Å². The van der Waals surface area contributed by atoms with Gasteiger partial charge in [-0.15, -0.1) is 11.8 Å². The van der Waals surface area contributed by atoms with Crippen molar-refractivity contribution in [1.82, 2.24) is 0 Å². The minimum Gasteiger partial charge on any atom is -0.381 e. The zero-order valence-electron chi connectivity index (χ0n) is 10.2. The molecule has 0 unspecified atom stereocenters. The standard InChI is InChI=1S/C14H17BrO2S/c15-12-2-1-3-14(9-12)18-10-13(16)8-11-4-6-17-7-5-11/h1-3,9,11H,4-8,10H2. The molecule has 0 spiro atoms. The van der Waals surface area contributed by atoms with Crippen molar-refractivity contribution in [2.75, 3.05) is 19.0 Å². The molecule has 0 atom stereocenters. The first-order valence-corrected chi connectivity index (χ1v) is 8.00.